The van der Waals surface area contributed by atoms with Crippen LogP contribution >= 0.6 is 0 Å². The SMILES string of the molecule is Cc1ccc(CN2CCN(c3cc(C(C)C)nc4c(-c5ccccc5)cnn34)CC2)c(C)c1. The summed E-state index contributed by atoms with van der Waals surface area (Å²) in [6, 6.07) is 19.5. The molecular formula is C28H33N5. The molecule has 1 aliphatic heterocycles. The molecule has 1 aliphatic rings. The van der Waals surface area contributed by atoms with E-state index in [2.05, 4.69) is 86.0 Å². The van der Waals surface area contributed by atoms with E-state index in [1.807, 2.05) is 16.8 Å². The molecule has 2 aromatic heterocycles. The van der Waals surface area contributed by atoms with Gasteiger partial charge in [-0.05, 0) is 36.5 Å². The summed E-state index contributed by atoms with van der Waals surface area (Å²) in [5.41, 5.74) is 8.46. The highest BCUT2D eigenvalue weighted by Gasteiger charge is 2.22. The average Bonchev–Trinajstić information content (AvgIpc) is 3.25. The van der Waals surface area contributed by atoms with Gasteiger partial charge in [-0.1, -0.05) is 67.9 Å². The first-order chi connectivity index (χ1) is 16.0. The van der Waals surface area contributed by atoms with E-state index in [4.69, 9.17) is 10.1 Å². The number of aromatic nitrogens is 3. The summed E-state index contributed by atoms with van der Waals surface area (Å²) in [5.74, 6) is 1.51. The molecule has 3 heterocycles. The van der Waals surface area contributed by atoms with Crippen molar-refractivity contribution in [1.82, 2.24) is 19.5 Å². The molecule has 170 valence electrons. The number of benzene rings is 2. The van der Waals surface area contributed by atoms with Crippen molar-refractivity contribution < 1.29 is 0 Å². The Balaban J connectivity index is 1.41. The summed E-state index contributed by atoms with van der Waals surface area (Å²) in [4.78, 5) is 10.1. The van der Waals surface area contributed by atoms with Gasteiger partial charge in [-0.3, -0.25) is 4.90 Å². The van der Waals surface area contributed by atoms with Crippen LogP contribution in [-0.4, -0.2) is 45.7 Å². The zero-order valence-corrected chi connectivity index (χ0v) is 20.1. The lowest BCUT2D eigenvalue weighted by atomic mass is 10.0. The van der Waals surface area contributed by atoms with Gasteiger partial charge in [0.15, 0.2) is 5.65 Å². The Kier molecular flexibility index (Phi) is 5.90. The predicted molar refractivity (Wildman–Crippen MR) is 136 cm³/mol. The molecule has 1 saturated heterocycles. The number of aryl methyl sites for hydroxylation is 2. The van der Waals surface area contributed by atoms with Crippen molar-refractivity contribution >= 4 is 11.5 Å². The molecule has 0 spiro atoms. The molecule has 0 aliphatic carbocycles. The lowest BCUT2D eigenvalue weighted by molar-refractivity contribution is 0.248. The molecule has 2 aromatic carbocycles. The molecule has 5 rings (SSSR count). The van der Waals surface area contributed by atoms with Crippen molar-refractivity contribution in [3.05, 3.63) is 83.2 Å². The van der Waals surface area contributed by atoms with E-state index >= 15 is 0 Å². The number of hydrogen-bond acceptors (Lipinski definition) is 4. The van der Waals surface area contributed by atoms with Crippen molar-refractivity contribution in [2.75, 3.05) is 31.1 Å². The Morgan fingerprint density at radius 2 is 1.67 bits per heavy atom. The Morgan fingerprint density at radius 3 is 2.36 bits per heavy atom. The molecule has 0 N–H and O–H groups in total. The summed E-state index contributed by atoms with van der Waals surface area (Å²) in [7, 11) is 0. The van der Waals surface area contributed by atoms with Gasteiger partial charge in [0.2, 0.25) is 0 Å². The minimum absolute atomic E-state index is 0.359. The molecule has 0 amide bonds. The van der Waals surface area contributed by atoms with Crippen molar-refractivity contribution in [1.29, 1.82) is 0 Å². The molecular weight excluding hydrogens is 406 g/mol. The predicted octanol–water partition coefficient (Wildman–Crippen LogP) is 5.46. The second-order valence-corrected chi connectivity index (χ2v) is 9.55. The van der Waals surface area contributed by atoms with Crippen molar-refractivity contribution in [2.24, 2.45) is 0 Å². The minimum Gasteiger partial charge on any atom is -0.354 e. The summed E-state index contributed by atoms with van der Waals surface area (Å²) in [5, 5.41) is 4.78. The molecule has 5 heteroatoms. The number of anilines is 1. The second-order valence-electron chi connectivity index (χ2n) is 9.55. The first-order valence-corrected chi connectivity index (χ1v) is 12.0. The van der Waals surface area contributed by atoms with Crippen LogP contribution in [0.25, 0.3) is 16.8 Å². The molecule has 0 unspecified atom stereocenters. The zero-order chi connectivity index (χ0) is 22.9. The molecule has 0 saturated carbocycles. The maximum atomic E-state index is 5.02. The van der Waals surface area contributed by atoms with Gasteiger partial charge in [0.25, 0.3) is 0 Å². The fraction of sp³-hybridized carbons (Fsp3) is 0.357. The summed E-state index contributed by atoms with van der Waals surface area (Å²) in [6.07, 6.45) is 1.96. The number of piperazine rings is 1. The molecule has 4 aromatic rings. The molecule has 5 nitrogen and oxygen atoms in total. The van der Waals surface area contributed by atoms with Crippen molar-refractivity contribution in [3.8, 4) is 11.1 Å². The quantitative estimate of drug-likeness (QED) is 0.414. The largest absolute Gasteiger partial charge is 0.354 e. The number of fused-ring (bicyclic) bond motifs is 1. The Bertz CT molecular complexity index is 1250. The fourth-order valence-electron chi connectivity index (χ4n) is 4.71. The van der Waals surface area contributed by atoms with Crippen LogP contribution in [0.1, 0.15) is 42.1 Å². The lowest BCUT2D eigenvalue weighted by Gasteiger charge is -2.36. The van der Waals surface area contributed by atoms with Crippen LogP contribution in [0.5, 0.6) is 0 Å². The van der Waals surface area contributed by atoms with Gasteiger partial charge in [0, 0.05) is 50.0 Å². The van der Waals surface area contributed by atoms with Crippen LogP contribution in [0.2, 0.25) is 0 Å². The van der Waals surface area contributed by atoms with Gasteiger partial charge < -0.3 is 4.90 Å². The van der Waals surface area contributed by atoms with Crippen LogP contribution in [0.15, 0.2) is 60.8 Å². The topological polar surface area (TPSA) is 36.7 Å². The summed E-state index contributed by atoms with van der Waals surface area (Å²) >= 11 is 0. The third-order valence-electron chi connectivity index (χ3n) is 6.74. The zero-order valence-electron chi connectivity index (χ0n) is 20.1. The van der Waals surface area contributed by atoms with E-state index in [9.17, 15) is 0 Å². The van der Waals surface area contributed by atoms with Gasteiger partial charge in [0.1, 0.15) is 5.82 Å². The van der Waals surface area contributed by atoms with Gasteiger partial charge in [-0.25, -0.2) is 4.98 Å². The van der Waals surface area contributed by atoms with Gasteiger partial charge in [0.05, 0.1) is 6.20 Å². The van der Waals surface area contributed by atoms with E-state index in [1.54, 1.807) is 0 Å². The highest BCUT2D eigenvalue weighted by Crippen LogP contribution is 2.29. The van der Waals surface area contributed by atoms with Crippen LogP contribution in [0, 0.1) is 13.8 Å². The molecule has 1 fully saturated rings. The van der Waals surface area contributed by atoms with Crippen molar-refractivity contribution in [2.45, 2.75) is 40.2 Å². The first kappa shape index (κ1) is 21.7. The van der Waals surface area contributed by atoms with Crippen molar-refractivity contribution in [3.63, 3.8) is 0 Å². The molecule has 0 atom stereocenters. The maximum absolute atomic E-state index is 5.02. The Labute approximate surface area is 196 Å². The number of hydrogen-bond donors (Lipinski definition) is 0. The van der Waals surface area contributed by atoms with E-state index in [0.717, 1.165) is 61.0 Å². The van der Waals surface area contributed by atoms with Crippen LogP contribution in [0.4, 0.5) is 5.82 Å². The van der Waals surface area contributed by atoms with E-state index in [0.29, 0.717) is 5.92 Å². The number of nitrogens with zero attached hydrogens (tertiary/aromatic N) is 5. The minimum atomic E-state index is 0.359. The summed E-state index contributed by atoms with van der Waals surface area (Å²) in [6.45, 7) is 13.9. The normalized spacial score (nSPS) is 15.0. The number of rotatable bonds is 5. The highest BCUT2D eigenvalue weighted by molar-refractivity contribution is 5.78. The van der Waals surface area contributed by atoms with Crippen LogP contribution in [0.3, 0.4) is 0 Å². The van der Waals surface area contributed by atoms with E-state index in [1.165, 1.54) is 16.7 Å². The van der Waals surface area contributed by atoms with Crippen LogP contribution < -0.4 is 4.90 Å². The van der Waals surface area contributed by atoms with Crippen LogP contribution in [-0.2, 0) is 6.54 Å². The fourth-order valence-corrected chi connectivity index (χ4v) is 4.71. The second kappa shape index (κ2) is 8.99. The first-order valence-electron chi connectivity index (χ1n) is 12.0. The lowest BCUT2D eigenvalue weighted by Crippen LogP contribution is -2.46. The van der Waals surface area contributed by atoms with Gasteiger partial charge in [-0.15, -0.1) is 0 Å². The highest BCUT2D eigenvalue weighted by atomic mass is 15.4. The third kappa shape index (κ3) is 4.38. The molecule has 0 bridgehead atoms. The molecule has 0 radical (unpaired) electrons. The monoisotopic (exact) mass is 439 g/mol. The average molecular weight is 440 g/mol. The maximum Gasteiger partial charge on any atom is 0.165 e. The van der Waals surface area contributed by atoms with Gasteiger partial charge in [-0.2, -0.15) is 9.61 Å². The summed E-state index contributed by atoms with van der Waals surface area (Å²) < 4.78 is 2.04. The Hall–Kier alpha value is -3.18. The van der Waals surface area contributed by atoms with E-state index < -0.39 is 0 Å². The van der Waals surface area contributed by atoms with E-state index in [-0.39, 0.29) is 0 Å². The van der Waals surface area contributed by atoms with Gasteiger partial charge >= 0.3 is 0 Å². The smallest absolute Gasteiger partial charge is 0.165 e. The third-order valence-corrected chi connectivity index (χ3v) is 6.74. The molecule has 33 heavy (non-hydrogen) atoms. The Morgan fingerprint density at radius 1 is 0.909 bits per heavy atom. The standard InChI is InChI=1S/C28H33N5/c1-20(2)26-17-27(33-28(30-26)25(18-29-33)23-8-6-5-7-9-23)32-14-12-31(13-15-32)19-24-11-10-21(3)16-22(24)4/h5-11,16-18,20H,12-15,19H2,1-4H3.